The predicted octanol–water partition coefficient (Wildman–Crippen LogP) is 2.81. The summed E-state index contributed by atoms with van der Waals surface area (Å²) < 4.78 is 5.12. The van der Waals surface area contributed by atoms with E-state index in [-0.39, 0.29) is 11.3 Å². The first-order valence-electron chi connectivity index (χ1n) is 7.63. The van der Waals surface area contributed by atoms with Crippen LogP contribution in [0.15, 0.2) is 54.6 Å². The number of aromatic nitrogens is 2. The van der Waals surface area contributed by atoms with Crippen LogP contribution in [-0.4, -0.2) is 29.1 Å². The molecule has 0 aliphatic rings. The number of amides is 2. The van der Waals surface area contributed by atoms with Crippen LogP contribution < -0.4 is 15.6 Å². The zero-order chi connectivity index (χ0) is 18.5. The molecular formula is C18H15ClN4O3. The lowest BCUT2D eigenvalue weighted by Gasteiger charge is -2.10. The number of hydrazine groups is 1. The van der Waals surface area contributed by atoms with E-state index in [4.69, 9.17) is 16.3 Å². The number of rotatable bonds is 4. The maximum absolute atomic E-state index is 12.2. The summed E-state index contributed by atoms with van der Waals surface area (Å²) in [7, 11) is 1.44. The van der Waals surface area contributed by atoms with Crippen molar-refractivity contribution in [2.24, 2.45) is 0 Å². The van der Waals surface area contributed by atoms with E-state index in [0.717, 1.165) is 5.56 Å². The highest BCUT2D eigenvalue weighted by Crippen LogP contribution is 2.22. The molecule has 0 saturated heterocycles. The quantitative estimate of drug-likeness (QED) is 0.615. The van der Waals surface area contributed by atoms with Gasteiger partial charge in [0.15, 0.2) is 0 Å². The minimum atomic E-state index is -0.555. The molecule has 3 aromatic rings. The van der Waals surface area contributed by atoms with Crippen LogP contribution in [0.5, 0.6) is 5.75 Å². The van der Waals surface area contributed by atoms with Crippen LogP contribution in [0.2, 0.25) is 5.02 Å². The average molecular weight is 371 g/mol. The molecule has 8 heteroatoms. The van der Waals surface area contributed by atoms with E-state index in [1.807, 2.05) is 30.3 Å². The summed E-state index contributed by atoms with van der Waals surface area (Å²) in [5, 5.41) is 7.11. The molecule has 0 fully saturated rings. The molecule has 3 rings (SSSR count). The number of nitrogens with one attached hydrogen (secondary N) is 3. The Labute approximate surface area is 154 Å². The minimum absolute atomic E-state index is 0.204. The summed E-state index contributed by atoms with van der Waals surface area (Å²) >= 11 is 5.90. The maximum Gasteiger partial charge on any atom is 0.287 e. The van der Waals surface area contributed by atoms with Crippen molar-refractivity contribution < 1.29 is 14.3 Å². The number of ether oxygens (including phenoxy) is 1. The maximum atomic E-state index is 12.2. The predicted molar refractivity (Wildman–Crippen MR) is 97.0 cm³/mol. The van der Waals surface area contributed by atoms with Crippen molar-refractivity contribution in [3.05, 3.63) is 70.9 Å². The average Bonchev–Trinajstić information content (AvgIpc) is 3.17. The van der Waals surface area contributed by atoms with Crippen molar-refractivity contribution in [1.82, 2.24) is 21.0 Å². The van der Waals surface area contributed by atoms with Gasteiger partial charge in [0.2, 0.25) is 0 Å². The highest BCUT2D eigenvalue weighted by atomic mass is 35.5. The van der Waals surface area contributed by atoms with E-state index < -0.39 is 11.8 Å². The zero-order valence-corrected chi connectivity index (χ0v) is 14.5. The number of methoxy groups -OCH3 is 1. The Hall–Kier alpha value is -3.32. The molecule has 7 nitrogen and oxygen atoms in total. The number of benzene rings is 2. The van der Waals surface area contributed by atoms with Crippen molar-refractivity contribution in [2.75, 3.05) is 7.11 Å². The molecule has 0 aliphatic heterocycles. The van der Waals surface area contributed by atoms with Crippen LogP contribution in [0.25, 0.3) is 11.3 Å². The van der Waals surface area contributed by atoms with E-state index in [1.165, 1.54) is 13.2 Å². The SMILES string of the molecule is COc1ccc(Cl)cc1C(=O)NNC(=O)c1cc(-c2ccccc2)n[nH]1. The molecule has 0 saturated carbocycles. The van der Waals surface area contributed by atoms with Gasteiger partial charge in [-0.15, -0.1) is 0 Å². The van der Waals surface area contributed by atoms with Gasteiger partial charge < -0.3 is 4.74 Å². The van der Waals surface area contributed by atoms with Crippen LogP contribution >= 0.6 is 11.6 Å². The lowest BCUT2D eigenvalue weighted by molar-refractivity contribution is 0.0842. The summed E-state index contributed by atoms with van der Waals surface area (Å²) in [4.78, 5) is 24.4. The zero-order valence-electron chi connectivity index (χ0n) is 13.7. The number of nitrogens with zero attached hydrogens (tertiary/aromatic N) is 1. The van der Waals surface area contributed by atoms with Gasteiger partial charge in [0.05, 0.1) is 18.4 Å². The van der Waals surface area contributed by atoms with E-state index in [0.29, 0.717) is 16.5 Å². The summed E-state index contributed by atoms with van der Waals surface area (Å²) in [5.41, 5.74) is 6.56. The van der Waals surface area contributed by atoms with E-state index in [9.17, 15) is 9.59 Å². The molecule has 0 atom stereocenters. The molecule has 1 aromatic heterocycles. The number of H-pyrrole nitrogens is 1. The van der Waals surface area contributed by atoms with Crippen molar-refractivity contribution in [3.63, 3.8) is 0 Å². The molecule has 26 heavy (non-hydrogen) atoms. The Morgan fingerprint density at radius 1 is 1.04 bits per heavy atom. The van der Waals surface area contributed by atoms with Gasteiger partial charge in [-0.3, -0.25) is 25.5 Å². The fourth-order valence-electron chi connectivity index (χ4n) is 2.30. The standard InChI is InChI=1S/C18H15ClN4O3/c1-26-16-8-7-12(19)9-13(16)17(24)22-23-18(25)15-10-14(20-21-15)11-5-3-2-4-6-11/h2-10H,1H3,(H,20,21)(H,22,24)(H,23,25). The number of halogens is 1. The molecule has 3 N–H and O–H groups in total. The van der Waals surface area contributed by atoms with Crippen molar-refractivity contribution >= 4 is 23.4 Å². The van der Waals surface area contributed by atoms with Crippen LogP contribution in [0.4, 0.5) is 0 Å². The second-order valence-electron chi connectivity index (χ2n) is 5.29. The second-order valence-corrected chi connectivity index (χ2v) is 5.72. The molecular weight excluding hydrogens is 356 g/mol. The topological polar surface area (TPSA) is 96.1 Å². The number of hydrogen-bond acceptors (Lipinski definition) is 4. The van der Waals surface area contributed by atoms with Crippen molar-refractivity contribution in [2.45, 2.75) is 0 Å². The van der Waals surface area contributed by atoms with Gasteiger partial charge in [-0.2, -0.15) is 5.10 Å². The summed E-state index contributed by atoms with van der Waals surface area (Å²) in [6.07, 6.45) is 0. The Balaban J connectivity index is 1.67. The van der Waals surface area contributed by atoms with E-state index >= 15 is 0 Å². The molecule has 0 unspecified atom stereocenters. The highest BCUT2D eigenvalue weighted by molar-refractivity contribution is 6.31. The molecule has 1 heterocycles. The first kappa shape index (κ1) is 17.5. The first-order chi connectivity index (χ1) is 12.6. The van der Waals surface area contributed by atoms with Crippen LogP contribution in [-0.2, 0) is 0 Å². The van der Waals surface area contributed by atoms with Crippen LogP contribution in [0.3, 0.4) is 0 Å². The third-order valence-corrected chi connectivity index (χ3v) is 3.82. The number of carbonyl (C=O) groups is 2. The Bertz CT molecular complexity index is 941. The molecule has 2 aromatic carbocycles. The highest BCUT2D eigenvalue weighted by Gasteiger charge is 2.15. The van der Waals surface area contributed by atoms with Gasteiger partial charge >= 0.3 is 0 Å². The molecule has 132 valence electrons. The largest absolute Gasteiger partial charge is 0.496 e. The normalized spacial score (nSPS) is 10.2. The van der Waals surface area contributed by atoms with Crippen LogP contribution in [0, 0.1) is 0 Å². The number of aromatic amines is 1. The summed E-state index contributed by atoms with van der Waals surface area (Å²) in [5.74, 6) is -0.747. The third-order valence-electron chi connectivity index (χ3n) is 3.59. The Kier molecular flexibility index (Phi) is 5.19. The van der Waals surface area contributed by atoms with Gasteiger partial charge in [-0.25, -0.2) is 0 Å². The number of hydrogen-bond donors (Lipinski definition) is 3. The molecule has 0 radical (unpaired) electrons. The second kappa shape index (κ2) is 7.71. The van der Waals surface area contributed by atoms with E-state index in [2.05, 4.69) is 21.0 Å². The summed E-state index contributed by atoms with van der Waals surface area (Å²) in [6, 6.07) is 15.6. The smallest absolute Gasteiger partial charge is 0.287 e. The fourth-order valence-corrected chi connectivity index (χ4v) is 2.47. The van der Waals surface area contributed by atoms with Gasteiger partial charge in [0, 0.05) is 10.6 Å². The van der Waals surface area contributed by atoms with Gasteiger partial charge in [0.1, 0.15) is 11.4 Å². The fraction of sp³-hybridized carbons (Fsp3) is 0.0556. The minimum Gasteiger partial charge on any atom is -0.496 e. The Morgan fingerprint density at radius 3 is 2.50 bits per heavy atom. The summed E-state index contributed by atoms with van der Waals surface area (Å²) in [6.45, 7) is 0. The van der Waals surface area contributed by atoms with Gasteiger partial charge in [0.25, 0.3) is 11.8 Å². The molecule has 0 bridgehead atoms. The Morgan fingerprint density at radius 2 is 1.77 bits per heavy atom. The third kappa shape index (κ3) is 3.84. The first-order valence-corrected chi connectivity index (χ1v) is 8.01. The van der Waals surface area contributed by atoms with Gasteiger partial charge in [-0.1, -0.05) is 41.9 Å². The molecule has 2 amide bonds. The molecule has 0 aliphatic carbocycles. The lowest BCUT2D eigenvalue weighted by atomic mass is 10.1. The lowest BCUT2D eigenvalue weighted by Crippen LogP contribution is -2.41. The monoisotopic (exact) mass is 370 g/mol. The number of carbonyl (C=O) groups excluding carboxylic acids is 2. The van der Waals surface area contributed by atoms with Crippen molar-refractivity contribution in [1.29, 1.82) is 0 Å². The van der Waals surface area contributed by atoms with Crippen LogP contribution in [0.1, 0.15) is 20.8 Å². The van der Waals surface area contributed by atoms with Gasteiger partial charge in [-0.05, 0) is 24.3 Å². The van der Waals surface area contributed by atoms with E-state index in [1.54, 1.807) is 18.2 Å². The van der Waals surface area contributed by atoms with Crippen molar-refractivity contribution in [3.8, 4) is 17.0 Å². The molecule has 0 spiro atoms.